The molecule has 0 heterocycles. The Morgan fingerprint density at radius 1 is 1.29 bits per heavy atom. The number of rotatable bonds is 5. The molecule has 2 unspecified atom stereocenters. The van der Waals surface area contributed by atoms with E-state index >= 15 is 0 Å². The zero-order valence-corrected chi connectivity index (χ0v) is 12.4. The van der Waals surface area contributed by atoms with Gasteiger partial charge in [0.05, 0.1) is 13.7 Å². The van der Waals surface area contributed by atoms with E-state index in [1.807, 2.05) is 13.8 Å². The molecule has 1 fully saturated rings. The summed E-state index contributed by atoms with van der Waals surface area (Å²) < 4.78 is 10.6. The summed E-state index contributed by atoms with van der Waals surface area (Å²) in [5, 5.41) is 0. The van der Waals surface area contributed by atoms with Crippen LogP contribution in [-0.4, -0.2) is 25.5 Å². The minimum Gasteiger partial charge on any atom is -0.493 e. The lowest BCUT2D eigenvalue weighted by molar-refractivity contribution is -0.123. The van der Waals surface area contributed by atoms with Crippen molar-refractivity contribution in [3.8, 4) is 11.5 Å². The van der Waals surface area contributed by atoms with E-state index in [1.165, 1.54) is 7.11 Å². The van der Waals surface area contributed by atoms with Gasteiger partial charge in [-0.3, -0.25) is 20.4 Å². The van der Waals surface area contributed by atoms with Crippen LogP contribution in [0.3, 0.4) is 0 Å². The number of hydrogen-bond donors (Lipinski definition) is 2. The molecule has 0 spiro atoms. The molecule has 114 valence electrons. The first-order valence-electron chi connectivity index (χ1n) is 6.97. The Bertz CT molecular complexity index is 544. The van der Waals surface area contributed by atoms with Gasteiger partial charge in [-0.1, -0.05) is 6.92 Å². The summed E-state index contributed by atoms with van der Waals surface area (Å²) in [5.41, 5.74) is 5.24. The van der Waals surface area contributed by atoms with E-state index in [9.17, 15) is 9.59 Å². The highest BCUT2D eigenvalue weighted by atomic mass is 16.5. The second kappa shape index (κ2) is 6.47. The first-order valence-corrected chi connectivity index (χ1v) is 6.97. The molecule has 2 rings (SSSR count). The number of methoxy groups -OCH3 is 1. The van der Waals surface area contributed by atoms with Gasteiger partial charge >= 0.3 is 0 Å². The molecule has 1 aliphatic rings. The monoisotopic (exact) mass is 292 g/mol. The molecule has 0 saturated heterocycles. The quantitative estimate of drug-likeness (QED) is 0.807. The summed E-state index contributed by atoms with van der Waals surface area (Å²) in [5.74, 6) is 0.929. The summed E-state index contributed by atoms with van der Waals surface area (Å²) in [6.07, 6.45) is 0.874. The molecule has 2 amide bonds. The highest BCUT2D eigenvalue weighted by molar-refractivity contribution is 5.96. The van der Waals surface area contributed by atoms with Crippen molar-refractivity contribution < 1.29 is 19.1 Å². The van der Waals surface area contributed by atoms with Gasteiger partial charge in [0.1, 0.15) is 0 Å². The minimum absolute atomic E-state index is 0.0140. The fourth-order valence-corrected chi connectivity index (χ4v) is 2.05. The SMILES string of the molecule is CCOc1ccc(C(=O)NNC(=O)C2CC2C)cc1OC. The Morgan fingerprint density at radius 2 is 2.00 bits per heavy atom. The first kappa shape index (κ1) is 15.2. The number of hydrogen-bond acceptors (Lipinski definition) is 4. The molecule has 1 saturated carbocycles. The number of carbonyl (C=O) groups is 2. The molecule has 1 aromatic rings. The third-order valence-corrected chi connectivity index (χ3v) is 3.47. The maximum absolute atomic E-state index is 12.0. The molecule has 21 heavy (non-hydrogen) atoms. The lowest BCUT2D eigenvalue weighted by atomic mass is 10.2. The molecule has 0 bridgehead atoms. The third kappa shape index (κ3) is 3.65. The van der Waals surface area contributed by atoms with Crippen LogP contribution in [0.4, 0.5) is 0 Å². The molecule has 2 N–H and O–H groups in total. The number of hydrazine groups is 1. The van der Waals surface area contributed by atoms with Gasteiger partial charge in [-0.2, -0.15) is 0 Å². The van der Waals surface area contributed by atoms with Crippen LogP contribution in [0.5, 0.6) is 11.5 Å². The summed E-state index contributed by atoms with van der Waals surface area (Å²) in [4.78, 5) is 23.6. The lowest BCUT2D eigenvalue weighted by Gasteiger charge is -2.11. The van der Waals surface area contributed by atoms with Gasteiger partial charge in [0.2, 0.25) is 5.91 Å². The fraction of sp³-hybridized carbons (Fsp3) is 0.467. The number of ether oxygens (including phenoxy) is 2. The fourth-order valence-electron chi connectivity index (χ4n) is 2.05. The molecular weight excluding hydrogens is 272 g/mol. The molecule has 1 aliphatic carbocycles. The highest BCUT2D eigenvalue weighted by Crippen LogP contribution is 2.37. The predicted molar refractivity (Wildman–Crippen MR) is 77.0 cm³/mol. The zero-order valence-electron chi connectivity index (χ0n) is 12.4. The van der Waals surface area contributed by atoms with Gasteiger partial charge in [-0.05, 0) is 37.5 Å². The van der Waals surface area contributed by atoms with E-state index < -0.39 is 5.91 Å². The predicted octanol–water partition coefficient (Wildman–Crippen LogP) is 1.51. The number of benzene rings is 1. The van der Waals surface area contributed by atoms with Gasteiger partial charge in [0.15, 0.2) is 11.5 Å². The summed E-state index contributed by atoms with van der Waals surface area (Å²) in [6, 6.07) is 4.86. The summed E-state index contributed by atoms with van der Waals surface area (Å²) >= 11 is 0. The van der Waals surface area contributed by atoms with Gasteiger partial charge in [-0.25, -0.2) is 0 Å². The van der Waals surface area contributed by atoms with E-state index in [0.717, 1.165) is 6.42 Å². The molecule has 6 nitrogen and oxygen atoms in total. The van der Waals surface area contributed by atoms with Gasteiger partial charge in [-0.15, -0.1) is 0 Å². The number of amides is 2. The van der Waals surface area contributed by atoms with Crippen LogP contribution in [0, 0.1) is 11.8 Å². The van der Waals surface area contributed by atoms with Crippen LogP contribution in [-0.2, 0) is 4.79 Å². The van der Waals surface area contributed by atoms with Crippen LogP contribution < -0.4 is 20.3 Å². The van der Waals surface area contributed by atoms with Crippen LogP contribution in [0.1, 0.15) is 30.6 Å². The van der Waals surface area contributed by atoms with E-state index in [1.54, 1.807) is 18.2 Å². The smallest absolute Gasteiger partial charge is 0.269 e. The van der Waals surface area contributed by atoms with Gasteiger partial charge < -0.3 is 9.47 Å². The van der Waals surface area contributed by atoms with Crippen LogP contribution in [0.25, 0.3) is 0 Å². The van der Waals surface area contributed by atoms with Crippen molar-refractivity contribution in [2.45, 2.75) is 20.3 Å². The lowest BCUT2D eigenvalue weighted by Crippen LogP contribution is -2.42. The molecule has 0 aliphatic heterocycles. The van der Waals surface area contributed by atoms with Crippen molar-refractivity contribution in [2.24, 2.45) is 11.8 Å². The minimum atomic E-state index is -0.391. The first-order chi connectivity index (χ1) is 10.1. The van der Waals surface area contributed by atoms with Crippen molar-refractivity contribution in [1.82, 2.24) is 10.9 Å². The van der Waals surface area contributed by atoms with Crippen molar-refractivity contribution in [3.63, 3.8) is 0 Å². The second-order valence-corrected chi connectivity index (χ2v) is 5.06. The standard InChI is InChI=1S/C15H20N2O4/c1-4-21-12-6-5-10(8-13(12)20-3)14(18)16-17-15(19)11-7-9(11)2/h5-6,8-9,11H,4,7H2,1-3H3,(H,16,18)(H,17,19). The van der Waals surface area contributed by atoms with E-state index in [4.69, 9.17) is 9.47 Å². The molecule has 1 aromatic carbocycles. The van der Waals surface area contributed by atoms with Crippen molar-refractivity contribution in [3.05, 3.63) is 23.8 Å². The van der Waals surface area contributed by atoms with E-state index in [-0.39, 0.29) is 11.8 Å². The number of nitrogens with one attached hydrogen (secondary N) is 2. The zero-order chi connectivity index (χ0) is 15.4. The molecule has 0 aromatic heterocycles. The third-order valence-electron chi connectivity index (χ3n) is 3.47. The summed E-state index contributed by atoms with van der Waals surface area (Å²) in [7, 11) is 1.51. The van der Waals surface area contributed by atoms with Crippen molar-refractivity contribution in [2.75, 3.05) is 13.7 Å². The van der Waals surface area contributed by atoms with Crippen molar-refractivity contribution in [1.29, 1.82) is 0 Å². The van der Waals surface area contributed by atoms with Crippen LogP contribution in [0.2, 0.25) is 0 Å². The Balaban J connectivity index is 1.97. The van der Waals surface area contributed by atoms with E-state index in [2.05, 4.69) is 10.9 Å². The Kier molecular flexibility index (Phi) is 4.67. The Hall–Kier alpha value is -2.24. The highest BCUT2D eigenvalue weighted by Gasteiger charge is 2.39. The van der Waals surface area contributed by atoms with Crippen LogP contribution >= 0.6 is 0 Å². The largest absolute Gasteiger partial charge is 0.493 e. The van der Waals surface area contributed by atoms with Crippen molar-refractivity contribution >= 4 is 11.8 Å². The average molecular weight is 292 g/mol. The van der Waals surface area contributed by atoms with Crippen LogP contribution in [0.15, 0.2) is 18.2 Å². The Labute approximate surface area is 123 Å². The second-order valence-electron chi connectivity index (χ2n) is 5.06. The molecule has 6 heteroatoms. The summed E-state index contributed by atoms with van der Waals surface area (Å²) in [6.45, 7) is 4.38. The molecular formula is C15H20N2O4. The maximum Gasteiger partial charge on any atom is 0.269 e. The maximum atomic E-state index is 12.0. The average Bonchev–Trinajstić information content (AvgIpc) is 3.22. The van der Waals surface area contributed by atoms with Gasteiger partial charge in [0.25, 0.3) is 5.91 Å². The number of carbonyl (C=O) groups excluding carboxylic acids is 2. The Morgan fingerprint density at radius 3 is 2.57 bits per heavy atom. The topological polar surface area (TPSA) is 76.7 Å². The molecule has 2 atom stereocenters. The van der Waals surface area contributed by atoms with Gasteiger partial charge in [0, 0.05) is 11.5 Å². The molecule has 0 radical (unpaired) electrons. The van der Waals surface area contributed by atoms with E-state index in [0.29, 0.717) is 29.6 Å². The normalized spacial score (nSPS) is 19.6.